The number of anilines is 1. The second kappa shape index (κ2) is 14.3. The van der Waals surface area contributed by atoms with E-state index in [0.717, 1.165) is 28.3 Å². The number of aryl methyl sites for hydroxylation is 2. The Balaban J connectivity index is 2.06. The van der Waals surface area contributed by atoms with Gasteiger partial charge in [0.05, 0.1) is 10.6 Å². The molecule has 0 aromatic heterocycles. The van der Waals surface area contributed by atoms with Crippen LogP contribution in [-0.4, -0.2) is 44.3 Å². The zero-order valence-electron chi connectivity index (χ0n) is 23.6. The number of hydrogen-bond acceptors (Lipinski definition) is 4. The Morgan fingerprint density at radius 2 is 1.68 bits per heavy atom. The molecule has 0 saturated heterocycles. The number of benzene rings is 3. The van der Waals surface area contributed by atoms with Crippen LogP contribution in [0.25, 0.3) is 0 Å². The van der Waals surface area contributed by atoms with Gasteiger partial charge in [-0.25, -0.2) is 8.42 Å². The zero-order valence-corrected chi connectivity index (χ0v) is 25.1. The van der Waals surface area contributed by atoms with Gasteiger partial charge in [0.15, 0.2) is 0 Å². The number of carbonyl (C=O) groups excluding carboxylic acids is 2. The van der Waals surface area contributed by atoms with Crippen LogP contribution >= 0.6 is 11.6 Å². The molecule has 3 rings (SSSR count). The van der Waals surface area contributed by atoms with E-state index < -0.39 is 28.5 Å². The molecule has 0 spiro atoms. The molecule has 0 heterocycles. The Morgan fingerprint density at radius 1 is 0.950 bits per heavy atom. The van der Waals surface area contributed by atoms with Crippen molar-refractivity contribution in [3.8, 4) is 0 Å². The van der Waals surface area contributed by atoms with Crippen LogP contribution < -0.4 is 9.62 Å². The molecule has 40 heavy (non-hydrogen) atoms. The highest BCUT2D eigenvalue weighted by atomic mass is 35.5. The maximum Gasteiger partial charge on any atom is 0.264 e. The van der Waals surface area contributed by atoms with Gasteiger partial charge < -0.3 is 10.2 Å². The van der Waals surface area contributed by atoms with Gasteiger partial charge in [-0.15, -0.1) is 0 Å². The number of amides is 2. The maximum atomic E-state index is 14.1. The first-order valence-electron chi connectivity index (χ1n) is 13.5. The van der Waals surface area contributed by atoms with E-state index in [4.69, 9.17) is 11.6 Å². The Hall–Kier alpha value is -3.36. The number of sulfonamides is 1. The van der Waals surface area contributed by atoms with Crippen molar-refractivity contribution in [2.75, 3.05) is 17.4 Å². The predicted molar refractivity (Wildman–Crippen MR) is 161 cm³/mol. The lowest BCUT2D eigenvalue weighted by atomic mass is 10.1. The smallest absolute Gasteiger partial charge is 0.264 e. The molecule has 214 valence electrons. The number of hydrogen-bond donors (Lipinski definition) is 1. The van der Waals surface area contributed by atoms with Crippen LogP contribution in [0, 0.1) is 13.8 Å². The zero-order chi connectivity index (χ0) is 29.3. The molecule has 0 aliphatic heterocycles. The van der Waals surface area contributed by atoms with Crippen LogP contribution in [0.4, 0.5) is 5.69 Å². The molecular formula is C31H38ClN3O4S. The third-order valence-corrected chi connectivity index (χ3v) is 8.70. The quantitative estimate of drug-likeness (QED) is 0.255. The van der Waals surface area contributed by atoms with Gasteiger partial charge in [0.2, 0.25) is 11.8 Å². The molecule has 2 amide bonds. The Labute approximate surface area is 243 Å². The highest BCUT2D eigenvalue weighted by Gasteiger charge is 2.34. The number of nitrogens with zero attached hydrogens (tertiary/aromatic N) is 2. The molecule has 7 nitrogen and oxygen atoms in total. The van der Waals surface area contributed by atoms with Gasteiger partial charge in [0.25, 0.3) is 10.0 Å². The SMILES string of the molecule is CCCCNC(=O)[C@@H](CC)N(Cc1cccc(C)c1)C(=O)CN(c1ccc(Cl)cc1C)S(=O)(=O)c1ccccc1. The third-order valence-electron chi connectivity index (χ3n) is 6.69. The largest absolute Gasteiger partial charge is 0.354 e. The van der Waals surface area contributed by atoms with E-state index in [0.29, 0.717) is 29.2 Å². The van der Waals surface area contributed by atoms with E-state index in [1.54, 1.807) is 43.3 Å². The molecule has 0 unspecified atom stereocenters. The van der Waals surface area contributed by atoms with E-state index >= 15 is 0 Å². The summed E-state index contributed by atoms with van der Waals surface area (Å²) in [7, 11) is -4.13. The second-order valence-corrected chi connectivity index (χ2v) is 12.1. The second-order valence-electron chi connectivity index (χ2n) is 9.83. The molecular weight excluding hydrogens is 546 g/mol. The Kier molecular flexibility index (Phi) is 11.2. The fourth-order valence-electron chi connectivity index (χ4n) is 4.56. The van der Waals surface area contributed by atoms with E-state index in [-0.39, 0.29) is 17.3 Å². The highest BCUT2D eigenvalue weighted by Crippen LogP contribution is 2.29. The summed E-state index contributed by atoms with van der Waals surface area (Å²) in [6, 6.07) is 19.8. The number of carbonyl (C=O) groups is 2. The summed E-state index contributed by atoms with van der Waals surface area (Å²) in [5, 5.41) is 3.40. The van der Waals surface area contributed by atoms with Crippen molar-refractivity contribution < 1.29 is 18.0 Å². The van der Waals surface area contributed by atoms with Crippen LogP contribution in [0.2, 0.25) is 5.02 Å². The molecule has 1 N–H and O–H groups in total. The molecule has 0 fully saturated rings. The summed E-state index contributed by atoms with van der Waals surface area (Å²) in [5.41, 5.74) is 2.83. The summed E-state index contributed by atoms with van der Waals surface area (Å²) in [4.78, 5) is 28.9. The Bertz CT molecular complexity index is 1410. The lowest BCUT2D eigenvalue weighted by Gasteiger charge is -2.33. The van der Waals surface area contributed by atoms with Crippen LogP contribution in [-0.2, 0) is 26.2 Å². The van der Waals surface area contributed by atoms with Gasteiger partial charge in [0.1, 0.15) is 12.6 Å². The first-order chi connectivity index (χ1) is 19.1. The van der Waals surface area contributed by atoms with Crippen LogP contribution in [0.1, 0.15) is 49.8 Å². The molecule has 3 aromatic rings. The summed E-state index contributed by atoms with van der Waals surface area (Å²) in [5.74, 6) is -0.732. The average molecular weight is 584 g/mol. The van der Waals surface area contributed by atoms with E-state index in [2.05, 4.69) is 5.32 Å². The van der Waals surface area contributed by atoms with Gasteiger partial charge in [-0.2, -0.15) is 0 Å². The lowest BCUT2D eigenvalue weighted by Crippen LogP contribution is -2.52. The van der Waals surface area contributed by atoms with E-state index in [9.17, 15) is 18.0 Å². The van der Waals surface area contributed by atoms with Gasteiger partial charge in [0, 0.05) is 18.1 Å². The molecule has 0 bridgehead atoms. The van der Waals surface area contributed by atoms with Crippen LogP contribution in [0.5, 0.6) is 0 Å². The predicted octanol–water partition coefficient (Wildman–Crippen LogP) is 5.88. The average Bonchev–Trinajstić information content (AvgIpc) is 2.92. The molecule has 3 aromatic carbocycles. The van der Waals surface area contributed by atoms with Crippen LogP contribution in [0.15, 0.2) is 77.7 Å². The van der Waals surface area contributed by atoms with E-state index in [1.165, 1.54) is 17.0 Å². The molecule has 1 atom stereocenters. The van der Waals surface area contributed by atoms with Gasteiger partial charge in [-0.3, -0.25) is 13.9 Å². The highest BCUT2D eigenvalue weighted by molar-refractivity contribution is 7.92. The standard InChI is InChI=1S/C31H38ClN3O4S/c1-5-7-18-33-31(37)28(6-2)34(21-25-13-11-12-23(3)19-25)30(36)22-35(29-17-16-26(32)20-24(29)4)40(38,39)27-14-9-8-10-15-27/h8-17,19-20,28H,5-7,18,21-22H2,1-4H3,(H,33,37)/t28-/m1/s1. The number of unbranched alkanes of at least 4 members (excludes halogenated alkanes) is 1. The summed E-state index contributed by atoms with van der Waals surface area (Å²) >= 11 is 6.17. The number of nitrogens with one attached hydrogen (secondary N) is 1. The van der Waals surface area contributed by atoms with Crippen molar-refractivity contribution in [3.63, 3.8) is 0 Å². The van der Waals surface area contributed by atoms with Gasteiger partial charge in [-0.05, 0) is 68.1 Å². The van der Waals surface area contributed by atoms with E-state index in [1.807, 2.05) is 45.0 Å². The first kappa shape index (κ1) is 31.2. The van der Waals surface area contributed by atoms with Gasteiger partial charge >= 0.3 is 0 Å². The molecule has 0 radical (unpaired) electrons. The van der Waals surface area contributed by atoms with Crippen molar-refractivity contribution >= 4 is 39.1 Å². The van der Waals surface area contributed by atoms with Crippen molar-refractivity contribution in [1.82, 2.24) is 10.2 Å². The fraction of sp³-hybridized carbons (Fsp3) is 0.355. The maximum absolute atomic E-state index is 14.1. The normalized spacial score (nSPS) is 12.0. The fourth-order valence-corrected chi connectivity index (χ4v) is 6.29. The third kappa shape index (κ3) is 7.86. The summed E-state index contributed by atoms with van der Waals surface area (Å²) in [6.45, 7) is 7.79. The molecule has 9 heteroatoms. The van der Waals surface area contributed by atoms with Crippen molar-refractivity contribution in [2.24, 2.45) is 0 Å². The van der Waals surface area contributed by atoms with Crippen LogP contribution in [0.3, 0.4) is 0 Å². The minimum Gasteiger partial charge on any atom is -0.354 e. The minimum atomic E-state index is -4.13. The molecule has 0 saturated carbocycles. The van der Waals surface area contributed by atoms with Crippen molar-refractivity contribution in [1.29, 1.82) is 0 Å². The first-order valence-corrected chi connectivity index (χ1v) is 15.4. The number of halogens is 1. The minimum absolute atomic E-state index is 0.0618. The molecule has 0 aliphatic carbocycles. The monoisotopic (exact) mass is 583 g/mol. The summed E-state index contributed by atoms with van der Waals surface area (Å²) in [6.07, 6.45) is 2.13. The van der Waals surface area contributed by atoms with Gasteiger partial charge in [-0.1, -0.05) is 79.9 Å². The Morgan fingerprint density at radius 3 is 2.30 bits per heavy atom. The molecule has 0 aliphatic rings. The number of rotatable bonds is 13. The van der Waals surface area contributed by atoms with Crippen molar-refractivity contribution in [2.45, 2.75) is 64.4 Å². The topological polar surface area (TPSA) is 86.8 Å². The summed E-state index contributed by atoms with van der Waals surface area (Å²) < 4.78 is 29.0. The lowest BCUT2D eigenvalue weighted by molar-refractivity contribution is -0.140. The van der Waals surface area contributed by atoms with Crippen molar-refractivity contribution in [3.05, 3.63) is 94.5 Å².